The fourth-order valence-electron chi connectivity index (χ4n) is 2.00. The van der Waals surface area contributed by atoms with Crippen molar-refractivity contribution in [1.82, 2.24) is 0 Å². The van der Waals surface area contributed by atoms with Crippen molar-refractivity contribution < 1.29 is 8.42 Å². The van der Waals surface area contributed by atoms with Gasteiger partial charge in [0.15, 0.2) is 9.84 Å². The minimum Gasteiger partial charge on any atom is -0.224 e. The normalized spacial score (nSPS) is 11.7. The molecule has 0 aliphatic heterocycles. The van der Waals surface area contributed by atoms with Crippen LogP contribution in [0.1, 0.15) is 5.56 Å². The minimum atomic E-state index is -3.34. The molecule has 0 saturated heterocycles. The molecule has 2 rings (SSSR count). The number of rotatable bonds is 2. The van der Waals surface area contributed by atoms with E-state index in [1.165, 1.54) is 6.26 Å². The third kappa shape index (κ3) is 3.13. The molecular formula is C14H11Cl2IO2S. The van der Waals surface area contributed by atoms with Crippen LogP contribution >= 0.6 is 45.8 Å². The molecule has 0 fully saturated rings. The molecule has 20 heavy (non-hydrogen) atoms. The molecule has 0 aliphatic rings. The molecule has 0 N–H and O–H groups in total. The molecule has 0 saturated carbocycles. The highest BCUT2D eigenvalue weighted by molar-refractivity contribution is 14.1. The lowest BCUT2D eigenvalue weighted by Gasteiger charge is -2.14. The third-order valence-electron chi connectivity index (χ3n) is 2.96. The van der Waals surface area contributed by atoms with E-state index in [1.807, 2.05) is 6.92 Å². The molecule has 0 heterocycles. The largest absolute Gasteiger partial charge is 0.224 e. The molecule has 2 nitrogen and oxygen atoms in total. The van der Waals surface area contributed by atoms with Gasteiger partial charge in [-0.2, -0.15) is 0 Å². The summed E-state index contributed by atoms with van der Waals surface area (Å²) in [6, 6.07) is 8.47. The number of hydrogen-bond acceptors (Lipinski definition) is 2. The van der Waals surface area contributed by atoms with E-state index in [0.29, 0.717) is 21.2 Å². The average molecular weight is 441 g/mol. The summed E-state index contributed by atoms with van der Waals surface area (Å²) in [7, 11) is -3.34. The second-order valence-electron chi connectivity index (χ2n) is 4.44. The van der Waals surface area contributed by atoms with Gasteiger partial charge in [-0.15, -0.1) is 0 Å². The second-order valence-corrected chi connectivity index (χ2v) is 8.43. The molecule has 0 bridgehead atoms. The lowest BCUT2D eigenvalue weighted by molar-refractivity contribution is 0.602. The second kappa shape index (κ2) is 5.83. The van der Waals surface area contributed by atoms with Crippen molar-refractivity contribution in [3.05, 3.63) is 49.5 Å². The molecular weight excluding hydrogens is 430 g/mol. The van der Waals surface area contributed by atoms with Gasteiger partial charge in [-0.3, -0.25) is 0 Å². The van der Waals surface area contributed by atoms with Gasteiger partial charge in [0.05, 0.1) is 4.90 Å². The maximum absolute atomic E-state index is 12.0. The van der Waals surface area contributed by atoms with E-state index in [-0.39, 0.29) is 4.90 Å². The van der Waals surface area contributed by atoms with Crippen molar-refractivity contribution in [3.63, 3.8) is 0 Å². The molecule has 0 aliphatic carbocycles. The highest BCUT2D eigenvalue weighted by atomic mass is 127. The van der Waals surface area contributed by atoms with Gasteiger partial charge in [-0.25, -0.2) is 8.42 Å². The highest BCUT2D eigenvalue weighted by Crippen LogP contribution is 2.38. The third-order valence-corrected chi connectivity index (χ3v) is 5.82. The van der Waals surface area contributed by atoms with Crippen LogP contribution in [0.2, 0.25) is 10.0 Å². The first-order chi connectivity index (χ1) is 9.21. The Labute approximate surface area is 142 Å². The number of halogens is 3. The van der Waals surface area contributed by atoms with Crippen molar-refractivity contribution in [3.8, 4) is 11.1 Å². The SMILES string of the molecule is Cc1c(I)ccc(S(C)(=O)=O)c1-c1ccc(Cl)cc1Cl. The predicted octanol–water partition coefficient (Wildman–Crippen LogP) is 4.98. The van der Waals surface area contributed by atoms with Gasteiger partial charge in [0.1, 0.15) is 0 Å². The Morgan fingerprint density at radius 2 is 1.75 bits per heavy atom. The van der Waals surface area contributed by atoms with Gasteiger partial charge < -0.3 is 0 Å². The summed E-state index contributed by atoms with van der Waals surface area (Å²) in [5.41, 5.74) is 2.20. The van der Waals surface area contributed by atoms with E-state index < -0.39 is 9.84 Å². The molecule has 0 unspecified atom stereocenters. The van der Waals surface area contributed by atoms with Crippen LogP contribution in [0.25, 0.3) is 11.1 Å². The zero-order chi connectivity index (χ0) is 15.1. The Hall–Kier alpha value is -0.300. The van der Waals surface area contributed by atoms with E-state index >= 15 is 0 Å². The van der Waals surface area contributed by atoms with Gasteiger partial charge in [0, 0.05) is 31.0 Å². The maximum atomic E-state index is 12.0. The van der Waals surface area contributed by atoms with Gasteiger partial charge >= 0.3 is 0 Å². The van der Waals surface area contributed by atoms with E-state index in [2.05, 4.69) is 22.6 Å². The molecule has 2 aromatic rings. The number of hydrogen-bond donors (Lipinski definition) is 0. The molecule has 0 spiro atoms. The zero-order valence-corrected chi connectivity index (χ0v) is 15.2. The molecule has 0 aromatic heterocycles. The first-order valence-corrected chi connectivity index (χ1v) is 9.39. The summed E-state index contributed by atoms with van der Waals surface area (Å²) < 4.78 is 25.0. The van der Waals surface area contributed by atoms with Crippen molar-refractivity contribution in [1.29, 1.82) is 0 Å². The van der Waals surface area contributed by atoms with E-state index in [9.17, 15) is 8.42 Å². The quantitative estimate of drug-likeness (QED) is 0.617. The zero-order valence-electron chi connectivity index (χ0n) is 10.7. The summed E-state index contributed by atoms with van der Waals surface area (Å²) in [5.74, 6) is 0. The maximum Gasteiger partial charge on any atom is 0.176 e. The van der Waals surface area contributed by atoms with Crippen LogP contribution in [0.5, 0.6) is 0 Å². The van der Waals surface area contributed by atoms with E-state index in [4.69, 9.17) is 23.2 Å². The minimum absolute atomic E-state index is 0.277. The first kappa shape index (κ1) is 16.1. The Balaban J connectivity index is 2.88. The van der Waals surface area contributed by atoms with Crippen LogP contribution < -0.4 is 0 Å². The molecule has 0 amide bonds. The topological polar surface area (TPSA) is 34.1 Å². The first-order valence-electron chi connectivity index (χ1n) is 5.66. The standard InChI is InChI=1S/C14H11Cl2IO2S/c1-8-12(17)5-6-13(20(2,18)19)14(8)10-4-3-9(15)7-11(10)16/h3-7H,1-2H3. The fourth-order valence-corrected chi connectivity index (χ4v) is 3.90. The average Bonchev–Trinajstić information content (AvgIpc) is 2.32. The van der Waals surface area contributed by atoms with Crippen LogP contribution in [0.15, 0.2) is 35.2 Å². The van der Waals surface area contributed by atoms with Crippen LogP contribution in [-0.4, -0.2) is 14.7 Å². The van der Waals surface area contributed by atoms with Gasteiger partial charge in [-0.1, -0.05) is 29.3 Å². The summed E-state index contributed by atoms with van der Waals surface area (Å²) in [6.45, 7) is 1.89. The van der Waals surface area contributed by atoms with Gasteiger partial charge in [-0.05, 0) is 59.3 Å². The van der Waals surface area contributed by atoms with E-state index in [1.54, 1.807) is 30.3 Å². The molecule has 0 atom stereocenters. The molecule has 2 aromatic carbocycles. The van der Waals surface area contributed by atoms with Crippen LogP contribution in [-0.2, 0) is 9.84 Å². The summed E-state index contributed by atoms with van der Waals surface area (Å²) >= 11 is 14.3. The Bertz CT molecular complexity index is 786. The predicted molar refractivity (Wildman–Crippen MR) is 92.5 cm³/mol. The molecule has 106 valence electrons. The van der Waals surface area contributed by atoms with Crippen molar-refractivity contribution in [2.45, 2.75) is 11.8 Å². The lowest BCUT2D eigenvalue weighted by atomic mass is 10.0. The Kier molecular flexibility index (Phi) is 4.69. The van der Waals surface area contributed by atoms with Crippen molar-refractivity contribution in [2.24, 2.45) is 0 Å². The van der Waals surface area contributed by atoms with Crippen LogP contribution in [0, 0.1) is 10.5 Å². The Morgan fingerprint density at radius 1 is 1.10 bits per heavy atom. The fraction of sp³-hybridized carbons (Fsp3) is 0.143. The van der Waals surface area contributed by atoms with Crippen molar-refractivity contribution in [2.75, 3.05) is 6.26 Å². The van der Waals surface area contributed by atoms with Crippen molar-refractivity contribution >= 4 is 55.6 Å². The monoisotopic (exact) mass is 440 g/mol. The van der Waals surface area contributed by atoms with E-state index in [0.717, 1.165) is 9.13 Å². The smallest absolute Gasteiger partial charge is 0.176 e. The summed E-state index contributed by atoms with van der Waals surface area (Å²) in [6.07, 6.45) is 1.20. The lowest BCUT2D eigenvalue weighted by Crippen LogP contribution is -2.03. The number of sulfone groups is 1. The Morgan fingerprint density at radius 3 is 2.30 bits per heavy atom. The molecule has 0 radical (unpaired) electrons. The van der Waals surface area contributed by atoms with Gasteiger partial charge in [0.25, 0.3) is 0 Å². The van der Waals surface area contributed by atoms with Crippen LogP contribution in [0.3, 0.4) is 0 Å². The molecule has 6 heteroatoms. The highest BCUT2D eigenvalue weighted by Gasteiger charge is 2.20. The summed E-state index contributed by atoms with van der Waals surface area (Å²) in [5, 5.41) is 0.954. The van der Waals surface area contributed by atoms with Gasteiger partial charge in [0.2, 0.25) is 0 Å². The van der Waals surface area contributed by atoms with Crippen LogP contribution in [0.4, 0.5) is 0 Å². The number of benzene rings is 2. The summed E-state index contributed by atoms with van der Waals surface area (Å²) in [4.78, 5) is 0.277.